The maximum atomic E-state index is 10.5. The molecule has 2 aromatic rings. The second kappa shape index (κ2) is 6.90. The lowest BCUT2D eigenvalue weighted by Gasteiger charge is -2.20. The van der Waals surface area contributed by atoms with Gasteiger partial charge in [-0.1, -0.05) is 23.7 Å². The molecule has 0 unspecified atom stereocenters. The summed E-state index contributed by atoms with van der Waals surface area (Å²) in [6.07, 6.45) is 6.11. The van der Waals surface area contributed by atoms with Crippen LogP contribution in [-0.2, 0) is 11.3 Å². The Bertz CT molecular complexity index is 657. The van der Waals surface area contributed by atoms with E-state index in [0.717, 1.165) is 17.3 Å². The topological polar surface area (TPSA) is 53.4 Å². The third-order valence-electron chi connectivity index (χ3n) is 2.97. The zero-order valence-corrected chi connectivity index (χ0v) is 12.3. The maximum Gasteiger partial charge on any atom is 0.328 e. The van der Waals surface area contributed by atoms with E-state index in [9.17, 15) is 4.79 Å². The number of carbonyl (C=O) groups is 1. The van der Waals surface area contributed by atoms with Gasteiger partial charge < -0.3 is 10.0 Å². The Labute approximate surface area is 128 Å². The largest absolute Gasteiger partial charge is 0.478 e. The Morgan fingerprint density at radius 2 is 2.24 bits per heavy atom. The van der Waals surface area contributed by atoms with Crippen LogP contribution in [0.1, 0.15) is 11.1 Å². The van der Waals surface area contributed by atoms with Gasteiger partial charge in [0.2, 0.25) is 0 Å². The second-order valence-corrected chi connectivity index (χ2v) is 5.00. The highest BCUT2D eigenvalue weighted by molar-refractivity contribution is 6.32. The summed E-state index contributed by atoms with van der Waals surface area (Å²) < 4.78 is 0. The number of halogens is 1. The Morgan fingerprint density at radius 1 is 1.43 bits per heavy atom. The van der Waals surface area contributed by atoms with Crippen molar-refractivity contribution in [3.63, 3.8) is 0 Å². The Balaban J connectivity index is 2.14. The molecule has 0 spiro atoms. The first kappa shape index (κ1) is 15.1. The number of anilines is 1. The van der Waals surface area contributed by atoms with Crippen LogP contribution >= 0.6 is 11.6 Å². The van der Waals surface area contributed by atoms with E-state index in [-0.39, 0.29) is 0 Å². The predicted octanol–water partition coefficient (Wildman–Crippen LogP) is 3.47. The van der Waals surface area contributed by atoms with E-state index in [1.54, 1.807) is 12.3 Å². The molecule has 0 bridgehead atoms. The van der Waals surface area contributed by atoms with Gasteiger partial charge in [-0.3, -0.25) is 4.98 Å². The van der Waals surface area contributed by atoms with E-state index in [0.29, 0.717) is 17.1 Å². The highest BCUT2D eigenvalue weighted by Gasteiger charge is 2.05. The fourth-order valence-corrected chi connectivity index (χ4v) is 2.14. The second-order valence-electron chi connectivity index (χ2n) is 4.59. The van der Waals surface area contributed by atoms with Crippen molar-refractivity contribution < 1.29 is 9.90 Å². The standard InChI is InChI=1S/C16H15ClN2O2/c1-19(11-12-3-2-8-18-10-12)14-6-4-13(15(17)9-14)5-7-16(20)21/h2-10H,11H2,1H3,(H,20,21)/b7-5+. The Hall–Kier alpha value is -2.33. The molecule has 0 fully saturated rings. The van der Waals surface area contributed by atoms with Crippen molar-refractivity contribution in [3.8, 4) is 0 Å². The first-order chi connectivity index (χ1) is 10.1. The number of aliphatic carboxylic acids is 1. The number of aromatic nitrogens is 1. The Kier molecular flexibility index (Phi) is 4.95. The molecule has 0 atom stereocenters. The van der Waals surface area contributed by atoms with Gasteiger partial charge in [0.1, 0.15) is 0 Å². The highest BCUT2D eigenvalue weighted by atomic mass is 35.5. The molecule has 1 aromatic heterocycles. The van der Waals surface area contributed by atoms with Gasteiger partial charge >= 0.3 is 5.97 Å². The smallest absolute Gasteiger partial charge is 0.328 e. The zero-order chi connectivity index (χ0) is 15.2. The normalized spacial score (nSPS) is 10.8. The van der Waals surface area contributed by atoms with Crippen LogP contribution in [0.2, 0.25) is 5.02 Å². The SMILES string of the molecule is CN(Cc1cccnc1)c1ccc(/C=C/C(=O)O)c(Cl)c1. The van der Waals surface area contributed by atoms with E-state index >= 15 is 0 Å². The van der Waals surface area contributed by atoms with E-state index < -0.39 is 5.97 Å². The Morgan fingerprint density at radius 3 is 2.86 bits per heavy atom. The van der Waals surface area contributed by atoms with Crippen molar-refractivity contribution >= 4 is 29.3 Å². The average Bonchev–Trinajstić information content (AvgIpc) is 2.46. The van der Waals surface area contributed by atoms with Gasteiger partial charge in [-0.2, -0.15) is 0 Å². The number of nitrogens with zero attached hydrogens (tertiary/aromatic N) is 2. The molecule has 1 aromatic carbocycles. The van der Waals surface area contributed by atoms with Gasteiger partial charge in [0, 0.05) is 42.8 Å². The zero-order valence-electron chi connectivity index (χ0n) is 11.5. The van der Waals surface area contributed by atoms with E-state index in [1.807, 2.05) is 42.4 Å². The number of carboxylic acid groups (broad SMARTS) is 1. The van der Waals surface area contributed by atoms with E-state index in [2.05, 4.69) is 4.98 Å². The highest BCUT2D eigenvalue weighted by Crippen LogP contribution is 2.25. The van der Waals surface area contributed by atoms with Crippen molar-refractivity contribution in [2.45, 2.75) is 6.54 Å². The minimum atomic E-state index is -0.996. The molecule has 4 nitrogen and oxygen atoms in total. The van der Waals surface area contributed by atoms with Crippen LogP contribution in [0, 0.1) is 0 Å². The average molecular weight is 303 g/mol. The van der Waals surface area contributed by atoms with Crippen molar-refractivity contribution in [1.29, 1.82) is 0 Å². The molecule has 2 rings (SSSR count). The predicted molar refractivity (Wildman–Crippen MR) is 84.5 cm³/mol. The summed E-state index contributed by atoms with van der Waals surface area (Å²) in [4.78, 5) is 16.7. The van der Waals surface area contributed by atoms with Crippen molar-refractivity contribution in [3.05, 3.63) is 65.0 Å². The minimum absolute atomic E-state index is 0.517. The van der Waals surface area contributed by atoms with E-state index in [1.165, 1.54) is 6.08 Å². The number of rotatable bonds is 5. The third kappa shape index (κ3) is 4.33. The summed E-state index contributed by atoms with van der Waals surface area (Å²) in [6, 6.07) is 9.44. The minimum Gasteiger partial charge on any atom is -0.478 e. The van der Waals surface area contributed by atoms with Crippen LogP contribution in [0.3, 0.4) is 0 Å². The number of carboxylic acids is 1. The van der Waals surface area contributed by atoms with Crippen LogP contribution in [0.5, 0.6) is 0 Å². The lowest BCUT2D eigenvalue weighted by Crippen LogP contribution is -2.16. The van der Waals surface area contributed by atoms with Crippen LogP contribution in [-0.4, -0.2) is 23.1 Å². The van der Waals surface area contributed by atoms with Gasteiger partial charge in [0.05, 0.1) is 0 Å². The molecule has 0 saturated carbocycles. The lowest BCUT2D eigenvalue weighted by molar-refractivity contribution is -0.131. The molecule has 1 heterocycles. The van der Waals surface area contributed by atoms with Gasteiger partial charge in [-0.15, -0.1) is 0 Å². The molecule has 21 heavy (non-hydrogen) atoms. The summed E-state index contributed by atoms with van der Waals surface area (Å²) >= 11 is 6.18. The third-order valence-corrected chi connectivity index (χ3v) is 3.30. The van der Waals surface area contributed by atoms with Crippen molar-refractivity contribution in [2.75, 3.05) is 11.9 Å². The number of pyridine rings is 1. The van der Waals surface area contributed by atoms with Crippen molar-refractivity contribution in [2.24, 2.45) is 0 Å². The first-order valence-corrected chi connectivity index (χ1v) is 6.74. The number of benzene rings is 1. The summed E-state index contributed by atoms with van der Waals surface area (Å²) in [5.74, 6) is -0.996. The molecule has 0 radical (unpaired) electrons. The van der Waals surface area contributed by atoms with Crippen LogP contribution < -0.4 is 4.90 Å². The molecule has 1 N–H and O–H groups in total. The van der Waals surface area contributed by atoms with Crippen LogP contribution in [0.4, 0.5) is 5.69 Å². The lowest BCUT2D eigenvalue weighted by atomic mass is 10.1. The molecule has 5 heteroatoms. The maximum absolute atomic E-state index is 10.5. The fraction of sp³-hybridized carbons (Fsp3) is 0.125. The summed E-state index contributed by atoms with van der Waals surface area (Å²) in [5, 5.41) is 9.15. The quantitative estimate of drug-likeness (QED) is 0.859. The van der Waals surface area contributed by atoms with Gasteiger partial charge in [-0.25, -0.2) is 4.79 Å². The molecule has 0 saturated heterocycles. The molecule has 0 aliphatic carbocycles. The monoisotopic (exact) mass is 302 g/mol. The van der Waals surface area contributed by atoms with Crippen LogP contribution in [0.25, 0.3) is 6.08 Å². The summed E-state index contributed by atoms with van der Waals surface area (Å²) in [7, 11) is 1.96. The summed E-state index contributed by atoms with van der Waals surface area (Å²) in [6.45, 7) is 0.717. The van der Waals surface area contributed by atoms with Crippen molar-refractivity contribution in [1.82, 2.24) is 4.98 Å². The van der Waals surface area contributed by atoms with Crippen LogP contribution in [0.15, 0.2) is 48.8 Å². The molecule has 0 amide bonds. The van der Waals surface area contributed by atoms with Gasteiger partial charge in [-0.05, 0) is 35.4 Å². The number of hydrogen-bond acceptors (Lipinski definition) is 3. The molecular formula is C16H15ClN2O2. The fourth-order valence-electron chi connectivity index (χ4n) is 1.91. The molecule has 108 valence electrons. The van der Waals surface area contributed by atoms with Gasteiger partial charge in [0.25, 0.3) is 0 Å². The van der Waals surface area contributed by atoms with Gasteiger partial charge in [0.15, 0.2) is 0 Å². The first-order valence-electron chi connectivity index (χ1n) is 6.37. The molecule has 0 aliphatic rings. The number of hydrogen-bond donors (Lipinski definition) is 1. The summed E-state index contributed by atoms with van der Waals surface area (Å²) in [5.41, 5.74) is 2.74. The van der Waals surface area contributed by atoms with E-state index in [4.69, 9.17) is 16.7 Å². The molecule has 0 aliphatic heterocycles. The molecular weight excluding hydrogens is 288 g/mol.